The number of carbonyl (C=O) groups is 3. The topological polar surface area (TPSA) is 82.1 Å². The number of amides is 2. The number of hydrogen-bond acceptors (Lipinski definition) is 7. The number of ether oxygens (including phenoxy) is 3. The summed E-state index contributed by atoms with van der Waals surface area (Å²) in [6.45, 7) is 2.04. The number of methoxy groups -OCH3 is 1. The number of hydrogen-bond donors (Lipinski definition) is 0. The summed E-state index contributed by atoms with van der Waals surface area (Å²) in [5.74, 6) is -0.102. The van der Waals surface area contributed by atoms with E-state index in [0.717, 1.165) is 17.3 Å². The second-order valence-corrected chi connectivity index (χ2v) is 8.54. The molecule has 1 aliphatic rings. The Kier molecular flexibility index (Phi) is 8.35. The van der Waals surface area contributed by atoms with Gasteiger partial charge in [0.15, 0.2) is 18.1 Å². The molecule has 1 heterocycles. The first-order valence-corrected chi connectivity index (χ1v) is 11.5. The van der Waals surface area contributed by atoms with Crippen molar-refractivity contribution in [3.05, 3.63) is 63.0 Å². The van der Waals surface area contributed by atoms with Crippen molar-refractivity contribution >= 4 is 50.9 Å². The Bertz CT molecular complexity index is 1040. The zero-order valence-electron chi connectivity index (χ0n) is 17.6. The average Bonchev–Trinajstić information content (AvgIpc) is 3.04. The van der Waals surface area contributed by atoms with E-state index in [-0.39, 0.29) is 24.4 Å². The first-order valence-electron chi connectivity index (χ1n) is 9.88. The average molecular weight is 520 g/mol. The maximum Gasteiger partial charge on any atom is 0.344 e. The van der Waals surface area contributed by atoms with E-state index in [1.165, 1.54) is 12.0 Å². The minimum atomic E-state index is -0.491. The Morgan fingerprint density at radius 3 is 2.62 bits per heavy atom. The lowest BCUT2D eigenvalue weighted by molar-refractivity contribution is -0.145. The van der Waals surface area contributed by atoms with Gasteiger partial charge in [0.1, 0.15) is 0 Å². The highest BCUT2D eigenvalue weighted by Crippen LogP contribution is 2.39. The molecular weight excluding hydrogens is 498 g/mol. The van der Waals surface area contributed by atoms with Crippen LogP contribution in [0.2, 0.25) is 0 Å². The van der Waals surface area contributed by atoms with Crippen molar-refractivity contribution < 1.29 is 28.6 Å². The molecule has 0 unspecified atom stereocenters. The van der Waals surface area contributed by atoms with E-state index in [1.54, 1.807) is 25.1 Å². The molecule has 1 aliphatic heterocycles. The van der Waals surface area contributed by atoms with E-state index >= 15 is 0 Å². The highest BCUT2D eigenvalue weighted by Gasteiger charge is 2.34. The fraction of sp³-hybridized carbons (Fsp3) is 0.261. The van der Waals surface area contributed by atoms with Crippen LogP contribution in [0.3, 0.4) is 0 Å². The van der Waals surface area contributed by atoms with Crippen molar-refractivity contribution in [3.63, 3.8) is 0 Å². The van der Waals surface area contributed by atoms with Gasteiger partial charge >= 0.3 is 5.97 Å². The molecule has 32 heavy (non-hydrogen) atoms. The zero-order valence-corrected chi connectivity index (χ0v) is 20.0. The van der Waals surface area contributed by atoms with Gasteiger partial charge < -0.3 is 14.2 Å². The number of thioether (sulfide) groups is 1. The third kappa shape index (κ3) is 5.92. The predicted molar refractivity (Wildman–Crippen MR) is 126 cm³/mol. The number of rotatable bonds is 9. The van der Waals surface area contributed by atoms with Crippen molar-refractivity contribution in [3.8, 4) is 11.5 Å². The maximum absolute atomic E-state index is 12.8. The Labute approximate surface area is 198 Å². The van der Waals surface area contributed by atoms with Crippen LogP contribution in [0.4, 0.5) is 4.79 Å². The van der Waals surface area contributed by atoms with Gasteiger partial charge in [0, 0.05) is 6.54 Å². The molecule has 2 aromatic carbocycles. The van der Waals surface area contributed by atoms with Gasteiger partial charge in [-0.25, -0.2) is 4.79 Å². The fourth-order valence-corrected chi connectivity index (χ4v) is 4.47. The fourth-order valence-electron chi connectivity index (χ4n) is 3.03. The molecular formula is C23H22BrNO6S. The van der Waals surface area contributed by atoms with Gasteiger partial charge in [-0.05, 0) is 70.4 Å². The summed E-state index contributed by atoms with van der Waals surface area (Å²) in [4.78, 5) is 38.3. The number of esters is 1. The van der Waals surface area contributed by atoms with Crippen molar-refractivity contribution in [1.82, 2.24) is 4.90 Å². The lowest BCUT2D eigenvalue weighted by Gasteiger charge is -2.13. The van der Waals surface area contributed by atoms with E-state index in [2.05, 4.69) is 15.9 Å². The molecule has 0 radical (unpaired) electrons. The van der Waals surface area contributed by atoms with Crippen LogP contribution < -0.4 is 9.47 Å². The summed E-state index contributed by atoms with van der Waals surface area (Å²) in [6.07, 6.45) is 2.23. The first kappa shape index (κ1) is 23.9. The molecule has 1 fully saturated rings. The molecule has 0 N–H and O–H groups in total. The Hall–Kier alpha value is -2.78. The quantitative estimate of drug-likeness (QED) is 0.351. The van der Waals surface area contributed by atoms with Gasteiger partial charge in [-0.3, -0.25) is 14.5 Å². The highest BCUT2D eigenvalue weighted by molar-refractivity contribution is 9.10. The second kappa shape index (κ2) is 11.2. The van der Waals surface area contributed by atoms with E-state index in [4.69, 9.17) is 14.2 Å². The Morgan fingerprint density at radius 1 is 1.19 bits per heavy atom. The molecule has 2 aromatic rings. The molecule has 0 bridgehead atoms. The van der Waals surface area contributed by atoms with Crippen LogP contribution in [0.5, 0.6) is 11.5 Å². The summed E-state index contributed by atoms with van der Waals surface area (Å²) < 4.78 is 16.3. The van der Waals surface area contributed by atoms with Crippen molar-refractivity contribution in [2.75, 3.05) is 26.9 Å². The number of nitrogens with zero attached hydrogens (tertiary/aromatic N) is 1. The second-order valence-electron chi connectivity index (χ2n) is 6.70. The van der Waals surface area contributed by atoms with Crippen LogP contribution in [0.15, 0.2) is 51.8 Å². The first-order chi connectivity index (χ1) is 15.4. The molecule has 3 rings (SSSR count). The SMILES string of the molecule is CCOC(=O)COc1c(Br)cc(/C=C2\SC(=O)N(CCc3ccccc3)C2=O)cc1OC. The molecule has 168 valence electrons. The summed E-state index contributed by atoms with van der Waals surface area (Å²) in [5.41, 5.74) is 1.70. The van der Waals surface area contributed by atoms with Gasteiger partial charge in [0.05, 0.1) is 23.1 Å². The summed E-state index contributed by atoms with van der Waals surface area (Å²) in [6, 6.07) is 13.1. The lowest BCUT2D eigenvalue weighted by atomic mass is 10.1. The number of benzene rings is 2. The molecule has 0 atom stereocenters. The molecule has 2 amide bonds. The normalized spacial score (nSPS) is 14.7. The van der Waals surface area contributed by atoms with Crippen molar-refractivity contribution in [2.45, 2.75) is 13.3 Å². The summed E-state index contributed by atoms with van der Waals surface area (Å²) >= 11 is 4.32. The molecule has 0 saturated carbocycles. The maximum atomic E-state index is 12.8. The minimum absolute atomic E-state index is 0.261. The van der Waals surface area contributed by atoms with Crippen molar-refractivity contribution in [2.24, 2.45) is 0 Å². The third-order valence-electron chi connectivity index (χ3n) is 4.53. The van der Waals surface area contributed by atoms with Gasteiger partial charge in [-0.2, -0.15) is 0 Å². The van der Waals surface area contributed by atoms with Crippen LogP contribution in [-0.2, 0) is 20.7 Å². The van der Waals surface area contributed by atoms with E-state index < -0.39 is 5.97 Å². The highest BCUT2D eigenvalue weighted by atomic mass is 79.9. The monoisotopic (exact) mass is 519 g/mol. The molecule has 9 heteroatoms. The largest absolute Gasteiger partial charge is 0.493 e. The van der Waals surface area contributed by atoms with Crippen molar-refractivity contribution in [1.29, 1.82) is 0 Å². The number of carbonyl (C=O) groups excluding carboxylic acids is 3. The lowest BCUT2D eigenvalue weighted by Crippen LogP contribution is -2.30. The van der Waals surface area contributed by atoms with Crippen LogP contribution in [0.25, 0.3) is 6.08 Å². The Morgan fingerprint density at radius 2 is 1.94 bits per heavy atom. The van der Waals surface area contributed by atoms with E-state index in [9.17, 15) is 14.4 Å². The molecule has 7 nitrogen and oxygen atoms in total. The van der Waals surface area contributed by atoms with E-state index in [0.29, 0.717) is 39.4 Å². The van der Waals surface area contributed by atoms with Gasteiger partial charge in [0.25, 0.3) is 11.1 Å². The molecule has 1 saturated heterocycles. The number of halogens is 1. The van der Waals surface area contributed by atoms with Gasteiger partial charge in [-0.15, -0.1) is 0 Å². The van der Waals surface area contributed by atoms with Gasteiger partial charge in [-0.1, -0.05) is 30.3 Å². The number of imide groups is 1. The van der Waals surface area contributed by atoms with E-state index in [1.807, 2.05) is 30.3 Å². The van der Waals surface area contributed by atoms with Crippen LogP contribution in [0, 0.1) is 0 Å². The van der Waals surface area contributed by atoms with Crippen LogP contribution >= 0.6 is 27.7 Å². The standard InChI is InChI=1S/C23H22BrNO6S/c1-3-30-20(26)14-31-21-17(24)11-16(12-18(21)29-2)13-19-22(27)25(23(28)32-19)10-9-15-7-5-4-6-8-15/h4-8,11-13H,3,9-10,14H2,1-2H3/b19-13-. The molecule has 0 aliphatic carbocycles. The molecule has 0 aromatic heterocycles. The third-order valence-corrected chi connectivity index (χ3v) is 6.03. The van der Waals surface area contributed by atoms with Gasteiger partial charge in [0.2, 0.25) is 0 Å². The van der Waals surface area contributed by atoms with Crippen LogP contribution in [-0.4, -0.2) is 48.9 Å². The zero-order chi connectivity index (χ0) is 23.1. The minimum Gasteiger partial charge on any atom is -0.493 e. The smallest absolute Gasteiger partial charge is 0.344 e. The summed E-state index contributed by atoms with van der Waals surface area (Å²) in [7, 11) is 1.47. The Balaban J connectivity index is 1.74. The molecule has 0 spiro atoms. The predicted octanol–water partition coefficient (Wildman–Crippen LogP) is 4.68. The summed E-state index contributed by atoms with van der Waals surface area (Å²) in [5, 5.41) is -0.294. The van der Waals surface area contributed by atoms with Crippen LogP contribution in [0.1, 0.15) is 18.1 Å².